The van der Waals surface area contributed by atoms with Crippen molar-refractivity contribution in [1.29, 1.82) is 0 Å². The lowest BCUT2D eigenvalue weighted by molar-refractivity contribution is -0.379. The van der Waals surface area contributed by atoms with Crippen molar-refractivity contribution in [2.75, 3.05) is 26.4 Å². The maximum atomic E-state index is 13.4. The van der Waals surface area contributed by atoms with Crippen LogP contribution < -0.4 is 5.32 Å². The molecule has 19 nitrogen and oxygen atoms in total. The average molecular weight is 1210 g/mol. The average Bonchev–Trinajstić information content (AvgIpc) is 3.64. The van der Waals surface area contributed by atoms with Crippen molar-refractivity contribution in [2.45, 2.75) is 324 Å². The Labute approximate surface area is 509 Å². The highest BCUT2D eigenvalue weighted by atomic mass is 16.8. The number of amides is 1. The van der Waals surface area contributed by atoms with Crippen LogP contribution in [-0.2, 0) is 33.2 Å². The van der Waals surface area contributed by atoms with Crippen LogP contribution in [0.3, 0.4) is 0 Å². The van der Waals surface area contributed by atoms with Gasteiger partial charge in [-0.05, 0) is 57.8 Å². The van der Waals surface area contributed by atoms with E-state index in [0.717, 1.165) is 83.5 Å². The van der Waals surface area contributed by atoms with E-state index in [2.05, 4.69) is 67.8 Å². The van der Waals surface area contributed by atoms with Crippen LogP contribution in [0.2, 0.25) is 0 Å². The lowest BCUT2D eigenvalue weighted by atomic mass is 9.96. The van der Waals surface area contributed by atoms with Gasteiger partial charge in [0.05, 0.1) is 38.6 Å². The van der Waals surface area contributed by atoms with Gasteiger partial charge in [-0.1, -0.05) is 216 Å². The van der Waals surface area contributed by atoms with Crippen molar-refractivity contribution < 1.29 is 89.4 Å². The third-order valence-corrected chi connectivity index (χ3v) is 16.3. The second-order valence-electron chi connectivity index (χ2n) is 23.6. The van der Waals surface area contributed by atoms with Gasteiger partial charge in [-0.2, -0.15) is 0 Å². The molecule has 1 amide bonds. The monoisotopic (exact) mass is 1210 g/mol. The molecule has 3 rings (SSSR count). The zero-order chi connectivity index (χ0) is 61.9. The van der Waals surface area contributed by atoms with Crippen LogP contribution in [0.25, 0.3) is 0 Å². The van der Waals surface area contributed by atoms with E-state index in [0.29, 0.717) is 6.42 Å². The highest BCUT2D eigenvalue weighted by molar-refractivity contribution is 5.76. The molecule has 3 aliphatic heterocycles. The fourth-order valence-corrected chi connectivity index (χ4v) is 10.9. The molecule has 17 atom stereocenters. The summed E-state index contributed by atoms with van der Waals surface area (Å²) in [5.74, 6) is -0.282. The molecule has 85 heavy (non-hydrogen) atoms. The highest BCUT2D eigenvalue weighted by Gasteiger charge is 2.53. The molecular weight excluding hydrogens is 1090 g/mol. The van der Waals surface area contributed by atoms with E-state index >= 15 is 0 Å². The maximum absolute atomic E-state index is 13.4. The summed E-state index contributed by atoms with van der Waals surface area (Å²) in [6.45, 7) is 1.62. The van der Waals surface area contributed by atoms with Crippen LogP contribution in [0.4, 0.5) is 0 Å². The van der Waals surface area contributed by atoms with Crippen molar-refractivity contribution in [3.05, 3.63) is 60.8 Å². The Morgan fingerprint density at radius 3 is 1.27 bits per heavy atom. The number of rotatable bonds is 49. The lowest BCUT2D eigenvalue weighted by Gasteiger charge is -2.48. The molecule has 0 radical (unpaired) electrons. The summed E-state index contributed by atoms with van der Waals surface area (Å²) in [5.41, 5.74) is 0. The second-order valence-corrected chi connectivity index (χ2v) is 23.6. The molecule has 3 fully saturated rings. The molecule has 0 bridgehead atoms. The van der Waals surface area contributed by atoms with Gasteiger partial charge in [0, 0.05) is 6.42 Å². The van der Waals surface area contributed by atoms with E-state index in [-0.39, 0.29) is 18.9 Å². The smallest absolute Gasteiger partial charge is 0.220 e. The Morgan fingerprint density at radius 2 is 0.812 bits per heavy atom. The van der Waals surface area contributed by atoms with Crippen molar-refractivity contribution >= 4 is 5.91 Å². The van der Waals surface area contributed by atoms with E-state index in [9.17, 15) is 61.0 Å². The van der Waals surface area contributed by atoms with E-state index in [1.54, 1.807) is 6.08 Å². The molecule has 0 saturated carbocycles. The molecule has 17 unspecified atom stereocenters. The number of unbranched alkanes of at least 4 members (excludes halogenated alkanes) is 25. The van der Waals surface area contributed by atoms with E-state index in [1.807, 2.05) is 6.08 Å². The normalized spacial score (nSPS) is 29.4. The predicted octanol–water partition coefficient (Wildman–Crippen LogP) is 7.60. The number of allylic oxidation sites excluding steroid dienone is 9. The van der Waals surface area contributed by atoms with Crippen LogP contribution in [0.5, 0.6) is 0 Å². The van der Waals surface area contributed by atoms with E-state index in [1.165, 1.54) is 109 Å². The maximum Gasteiger partial charge on any atom is 0.220 e. The van der Waals surface area contributed by atoms with Crippen LogP contribution >= 0.6 is 0 Å². The first-order valence-corrected chi connectivity index (χ1v) is 33.0. The molecule has 0 aromatic heterocycles. The number of ether oxygens (including phenoxy) is 6. The zero-order valence-electron chi connectivity index (χ0n) is 51.8. The molecule has 12 N–H and O–H groups in total. The minimum atomic E-state index is -1.98. The number of nitrogens with one attached hydrogen (secondary N) is 1. The third-order valence-electron chi connectivity index (χ3n) is 16.3. The summed E-state index contributed by atoms with van der Waals surface area (Å²) in [6.07, 6.45) is 30.4. The molecule has 0 spiro atoms. The van der Waals surface area contributed by atoms with Gasteiger partial charge >= 0.3 is 0 Å². The van der Waals surface area contributed by atoms with Gasteiger partial charge < -0.3 is 89.9 Å². The Morgan fingerprint density at radius 1 is 0.435 bits per heavy atom. The van der Waals surface area contributed by atoms with Gasteiger partial charge in [0.25, 0.3) is 0 Å². The largest absolute Gasteiger partial charge is 0.394 e. The molecular formula is C66H117NO18. The second kappa shape index (κ2) is 48.4. The topological polar surface area (TPSA) is 307 Å². The zero-order valence-corrected chi connectivity index (χ0v) is 51.8. The van der Waals surface area contributed by atoms with Gasteiger partial charge in [-0.3, -0.25) is 4.79 Å². The Kier molecular flexibility index (Phi) is 43.7. The Balaban J connectivity index is 1.46. The van der Waals surface area contributed by atoms with Crippen molar-refractivity contribution in [1.82, 2.24) is 5.32 Å². The molecule has 0 aromatic rings. The standard InChI is InChI=1S/C66H117NO18/c1-3-5-7-9-11-13-15-17-19-21-22-23-24-25-26-28-30-32-34-36-38-40-42-44-54(72)67-49(50(71)43-41-39-37-35-33-31-29-27-20-18-16-14-12-10-8-6-4-2)48-80-64-60(78)57(75)62(52(46-69)82-64)85-66-61(79)58(76)63(53(47-70)83-66)84-65-59(77)56(74)55(73)51(45-68)81-65/h5,7,11,13,17,19,22-23,41,43,49-53,55-66,68-71,73-79H,3-4,6,8-10,12,14-16,18,20-21,24-40,42,44-48H2,1-2H3,(H,67,72)/b7-5-,13-11-,19-17-,23-22-,43-41+. The molecule has 19 heteroatoms. The van der Waals surface area contributed by atoms with Gasteiger partial charge in [0.2, 0.25) is 5.91 Å². The molecule has 0 aromatic carbocycles. The fourth-order valence-electron chi connectivity index (χ4n) is 10.9. The minimum absolute atomic E-state index is 0.236. The van der Waals surface area contributed by atoms with Crippen LogP contribution in [0, 0.1) is 0 Å². The number of aliphatic hydroxyl groups is 11. The van der Waals surface area contributed by atoms with Crippen molar-refractivity contribution in [3.8, 4) is 0 Å². The van der Waals surface area contributed by atoms with Gasteiger partial charge in [0.1, 0.15) is 73.2 Å². The van der Waals surface area contributed by atoms with Crippen molar-refractivity contribution in [3.63, 3.8) is 0 Å². The first-order valence-electron chi connectivity index (χ1n) is 33.0. The summed E-state index contributed by atoms with van der Waals surface area (Å²) >= 11 is 0. The summed E-state index contributed by atoms with van der Waals surface area (Å²) in [7, 11) is 0. The van der Waals surface area contributed by atoms with Gasteiger partial charge in [0.15, 0.2) is 18.9 Å². The highest BCUT2D eigenvalue weighted by Crippen LogP contribution is 2.33. The van der Waals surface area contributed by atoms with Crippen LogP contribution in [-0.4, -0.2) is 193 Å². The SMILES string of the molecule is CC/C=C\C/C=C\C/C=C\C/C=C\CCCCCCCCCCCCC(=O)NC(COC1OC(CO)C(OC2OC(CO)C(OC3OC(CO)C(O)C(O)C3O)C(O)C2O)C(O)C1O)C(O)/C=C/CCCCCCCCCCCCCCCCC. The predicted molar refractivity (Wildman–Crippen MR) is 328 cm³/mol. The number of carbonyl (C=O) groups is 1. The van der Waals surface area contributed by atoms with E-state index < -0.39 is 124 Å². The third kappa shape index (κ3) is 31.2. The number of carbonyl (C=O) groups excluding carboxylic acids is 1. The molecule has 3 aliphatic rings. The summed E-state index contributed by atoms with van der Waals surface area (Å²) < 4.78 is 34.3. The first-order chi connectivity index (χ1) is 41.3. The minimum Gasteiger partial charge on any atom is -0.394 e. The molecule has 3 saturated heterocycles. The van der Waals surface area contributed by atoms with E-state index in [4.69, 9.17) is 28.4 Å². The summed E-state index contributed by atoms with van der Waals surface area (Å²) in [4.78, 5) is 13.4. The Bertz CT molecular complexity index is 1780. The molecule has 494 valence electrons. The first kappa shape index (κ1) is 76.7. The van der Waals surface area contributed by atoms with Crippen LogP contribution in [0.1, 0.15) is 219 Å². The quantitative estimate of drug-likeness (QED) is 0.0206. The van der Waals surface area contributed by atoms with Crippen LogP contribution in [0.15, 0.2) is 60.8 Å². The number of aliphatic hydroxyl groups excluding tert-OH is 11. The number of hydrogen-bond acceptors (Lipinski definition) is 18. The Hall–Kier alpha value is -2.51. The number of hydrogen-bond donors (Lipinski definition) is 12. The molecule has 0 aliphatic carbocycles. The summed E-state index contributed by atoms with van der Waals surface area (Å²) in [5, 5.41) is 120. The summed E-state index contributed by atoms with van der Waals surface area (Å²) in [6, 6.07) is -0.978. The van der Waals surface area contributed by atoms with Gasteiger partial charge in [-0.25, -0.2) is 0 Å². The van der Waals surface area contributed by atoms with Gasteiger partial charge in [-0.15, -0.1) is 0 Å². The fraction of sp³-hybridized carbons (Fsp3) is 0.833. The molecule has 3 heterocycles. The van der Waals surface area contributed by atoms with Crippen molar-refractivity contribution in [2.24, 2.45) is 0 Å². The lowest BCUT2D eigenvalue weighted by Crippen LogP contribution is -2.66.